The summed E-state index contributed by atoms with van der Waals surface area (Å²) in [6.07, 6.45) is 2.68. The monoisotopic (exact) mass is 470 g/mol. The van der Waals surface area contributed by atoms with Crippen LogP contribution in [0.3, 0.4) is 0 Å². The minimum atomic E-state index is -4.32. The van der Waals surface area contributed by atoms with Gasteiger partial charge in [-0.1, -0.05) is 74.7 Å². The zero-order valence-corrected chi connectivity index (χ0v) is 19.6. The van der Waals surface area contributed by atoms with E-state index < -0.39 is 39.3 Å². The number of alkyl halides is 4. The van der Waals surface area contributed by atoms with Gasteiger partial charge in [0.2, 0.25) is 0 Å². The van der Waals surface area contributed by atoms with E-state index in [4.69, 9.17) is 0 Å². The van der Waals surface area contributed by atoms with Gasteiger partial charge in [-0.15, -0.1) is 0 Å². The van der Waals surface area contributed by atoms with Crippen LogP contribution >= 0.6 is 0 Å². The lowest BCUT2D eigenvalue weighted by Gasteiger charge is -2.28. The summed E-state index contributed by atoms with van der Waals surface area (Å²) in [5.41, 5.74) is 2.69. The van der Waals surface area contributed by atoms with Gasteiger partial charge in [-0.25, -0.2) is 13.2 Å². The number of rotatable bonds is 10. The lowest BCUT2D eigenvalue weighted by atomic mass is 9.92. The molecule has 0 saturated carbocycles. The van der Waals surface area contributed by atoms with Crippen LogP contribution in [0.2, 0.25) is 18.1 Å². The fraction of sp³-hybridized carbons (Fsp3) is 0.520. The van der Waals surface area contributed by atoms with E-state index >= 15 is 0 Å². The van der Waals surface area contributed by atoms with Crippen LogP contribution in [-0.4, -0.2) is 27.8 Å². The molecular weight excluding hydrogens is 439 g/mol. The van der Waals surface area contributed by atoms with Gasteiger partial charge < -0.3 is 4.74 Å². The summed E-state index contributed by atoms with van der Waals surface area (Å²) in [6.45, 7) is 0.677. The van der Waals surface area contributed by atoms with Gasteiger partial charge in [0.25, 0.3) is 0 Å². The molecule has 0 unspecified atom stereocenters. The van der Waals surface area contributed by atoms with Crippen molar-refractivity contribution in [2.24, 2.45) is 0 Å². The Labute approximate surface area is 188 Å². The van der Waals surface area contributed by atoms with Crippen molar-refractivity contribution < 1.29 is 26.7 Å². The van der Waals surface area contributed by atoms with Crippen LogP contribution in [0.4, 0.5) is 22.0 Å². The third-order valence-electron chi connectivity index (χ3n) is 6.45. The van der Waals surface area contributed by atoms with Crippen molar-refractivity contribution in [3.63, 3.8) is 0 Å². The Balaban J connectivity index is 1.57. The maximum Gasteiger partial charge on any atom is 0.340 e. The molecule has 1 nitrogen and oxygen atoms in total. The second kappa shape index (κ2) is 11.3. The Hall–Kier alpha value is -1.89. The fourth-order valence-corrected chi connectivity index (χ4v) is 7.93. The summed E-state index contributed by atoms with van der Waals surface area (Å²) in [7, 11) is -0.554. The molecule has 7 heteroatoms. The maximum atomic E-state index is 14.3. The molecule has 2 aromatic rings. The summed E-state index contributed by atoms with van der Waals surface area (Å²) in [5, 5.41) is 0. The fourth-order valence-electron chi connectivity index (χ4n) is 4.45. The van der Waals surface area contributed by atoms with Crippen LogP contribution < -0.4 is 4.74 Å². The average molecular weight is 471 g/mol. The standard InChI is InChI=1S/C25H31F5OSi/c1-2-3-4-13-32-14-11-20(12-15-32)18-5-7-19(8-6-18)21-9-10-23(22(26)16-21)31-17-25(29,30)24(27)28/h5-10,16,20,24,32H,2-4,11-15,17H2,1H3/t20-,32-. The third-order valence-corrected chi connectivity index (χ3v) is 9.97. The minimum absolute atomic E-state index is 0.467. The second-order valence-electron chi connectivity index (χ2n) is 8.83. The molecule has 1 aliphatic rings. The molecule has 0 atom stereocenters. The predicted molar refractivity (Wildman–Crippen MR) is 121 cm³/mol. The Morgan fingerprint density at radius 3 is 2.25 bits per heavy atom. The van der Waals surface area contributed by atoms with Gasteiger partial charge in [-0.05, 0) is 47.6 Å². The number of ether oxygens (including phenoxy) is 1. The molecule has 0 aromatic heterocycles. The largest absolute Gasteiger partial charge is 0.484 e. The quantitative estimate of drug-likeness (QED) is 0.194. The average Bonchev–Trinajstić information content (AvgIpc) is 2.79. The first kappa shape index (κ1) is 24.7. The van der Waals surface area contributed by atoms with Crippen molar-refractivity contribution in [2.45, 2.75) is 75.4 Å². The number of unbranched alkanes of at least 4 members (excludes halogenated alkanes) is 2. The smallest absolute Gasteiger partial charge is 0.340 e. The van der Waals surface area contributed by atoms with Crippen LogP contribution in [0, 0.1) is 5.82 Å². The topological polar surface area (TPSA) is 9.23 Å². The van der Waals surface area contributed by atoms with Gasteiger partial charge in [0.15, 0.2) is 18.2 Å². The van der Waals surface area contributed by atoms with Crippen LogP contribution in [0.25, 0.3) is 11.1 Å². The normalized spacial score (nSPS) is 19.3. The van der Waals surface area contributed by atoms with Crippen molar-refractivity contribution in [3.05, 3.63) is 53.8 Å². The van der Waals surface area contributed by atoms with Crippen molar-refractivity contribution in [2.75, 3.05) is 6.61 Å². The highest BCUT2D eigenvalue weighted by Gasteiger charge is 2.41. The van der Waals surface area contributed by atoms with Gasteiger partial charge in [0.1, 0.15) is 0 Å². The van der Waals surface area contributed by atoms with Crippen molar-refractivity contribution in [3.8, 4) is 16.9 Å². The molecule has 2 aromatic carbocycles. The molecule has 0 N–H and O–H groups in total. The van der Waals surface area contributed by atoms with E-state index in [0.29, 0.717) is 11.5 Å². The molecule has 1 aliphatic heterocycles. The van der Waals surface area contributed by atoms with E-state index in [2.05, 4.69) is 23.8 Å². The first-order chi connectivity index (χ1) is 15.3. The van der Waals surface area contributed by atoms with Gasteiger partial charge in [-0.2, -0.15) is 8.78 Å². The van der Waals surface area contributed by atoms with Crippen LogP contribution in [-0.2, 0) is 0 Å². The third kappa shape index (κ3) is 6.56. The molecule has 1 heterocycles. The van der Waals surface area contributed by atoms with Gasteiger partial charge in [0.05, 0.1) is 0 Å². The predicted octanol–water partition coefficient (Wildman–Crippen LogP) is 8.07. The molecule has 3 rings (SSSR count). The highest BCUT2D eigenvalue weighted by atomic mass is 28.3. The zero-order chi connectivity index (χ0) is 23.1. The lowest BCUT2D eigenvalue weighted by Crippen LogP contribution is -2.33. The van der Waals surface area contributed by atoms with E-state index in [1.54, 1.807) is 6.07 Å². The van der Waals surface area contributed by atoms with E-state index in [1.807, 2.05) is 12.1 Å². The van der Waals surface area contributed by atoms with Gasteiger partial charge in [0, 0.05) is 8.80 Å². The molecule has 0 spiro atoms. The van der Waals surface area contributed by atoms with Gasteiger partial charge in [-0.3, -0.25) is 0 Å². The molecule has 0 radical (unpaired) electrons. The minimum Gasteiger partial charge on any atom is -0.484 e. The molecule has 32 heavy (non-hydrogen) atoms. The molecule has 0 aliphatic carbocycles. The summed E-state index contributed by atoms with van der Waals surface area (Å²) < 4.78 is 69.3. The maximum absolute atomic E-state index is 14.3. The highest BCUT2D eigenvalue weighted by Crippen LogP contribution is 2.36. The number of hydrogen-bond donors (Lipinski definition) is 0. The van der Waals surface area contributed by atoms with Crippen molar-refractivity contribution in [1.29, 1.82) is 0 Å². The lowest BCUT2D eigenvalue weighted by molar-refractivity contribution is -0.148. The van der Waals surface area contributed by atoms with E-state index in [1.165, 1.54) is 67.9 Å². The number of benzene rings is 2. The molecule has 0 bridgehead atoms. The van der Waals surface area contributed by atoms with Crippen LogP contribution in [0.1, 0.15) is 50.5 Å². The molecule has 0 amide bonds. The highest BCUT2D eigenvalue weighted by molar-refractivity contribution is 6.59. The summed E-state index contributed by atoms with van der Waals surface area (Å²) in [5.74, 6) is -5.06. The van der Waals surface area contributed by atoms with Gasteiger partial charge >= 0.3 is 12.3 Å². The Kier molecular flexibility index (Phi) is 8.74. The number of hydrogen-bond acceptors (Lipinski definition) is 1. The number of halogens is 5. The van der Waals surface area contributed by atoms with E-state index in [9.17, 15) is 22.0 Å². The van der Waals surface area contributed by atoms with Crippen LogP contribution in [0.5, 0.6) is 5.75 Å². The van der Waals surface area contributed by atoms with E-state index in [0.717, 1.165) is 5.56 Å². The Morgan fingerprint density at radius 1 is 1.00 bits per heavy atom. The van der Waals surface area contributed by atoms with E-state index in [-0.39, 0.29) is 0 Å². The summed E-state index contributed by atoms with van der Waals surface area (Å²) in [6, 6.07) is 16.3. The molecule has 1 fully saturated rings. The summed E-state index contributed by atoms with van der Waals surface area (Å²) >= 11 is 0. The molecular formula is C25H31F5OSi. The molecule has 176 valence electrons. The first-order valence-corrected chi connectivity index (χ1v) is 13.9. The van der Waals surface area contributed by atoms with Crippen molar-refractivity contribution >= 4 is 8.80 Å². The van der Waals surface area contributed by atoms with Crippen molar-refractivity contribution in [1.82, 2.24) is 0 Å². The molecule has 1 saturated heterocycles. The Bertz CT molecular complexity index is 848. The van der Waals surface area contributed by atoms with Crippen LogP contribution in [0.15, 0.2) is 42.5 Å². The SMILES string of the molecule is CCCCC[Si@H]1CC[C@H](c2ccc(-c3ccc(OCC(F)(F)C(F)F)c(F)c3)cc2)CC1. The Morgan fingerprint density at radius 2 is 1.66 bits per heavy atom. The zero-order valence-electron chi connectivity index (χ0n) is 18.4. The first-order valence-electron chi connectivity index (χ1n) is 11.5. The second-order valence-corrected chi connectivity index (χ2v) is 12.3. The summed E-state index contributed by atoms with van der Waals surface area (Å²) in [4.78, 5) is 0.